The maximum atomic E-state index is 11.6. The Kier molecular flexibility index (Phi) is 4.52. The van der Waals surface area contributed by atoms with E-state index in [1.165, 1.54) is 11.8 Å². The molecule has 3 rings (SSSR count). The Balaban J connectivity index is 1.72. The quantitative estimate of drug-likeness (QED) is 0.673. The Labute approximate surface area is 138 Å². The summed E-state index contributed by atoms with van der Waals surface area (Å²) in [6.45, 7) is 4.74. The van der Waals surface area contributed by atoms with Crippen molar-refractivity contribution < 1.29 is 9.53 Å². The highest BCUT2D eigenvalue weighted by atomic mass is 32.1. The van der Waals surface area contributed by atoms with Gasteiger partial charge in [-0.25, -0.2) is 9.78 Å². The summed E-state index contributed by atoms with van der Waals surface area (Å²) in [5.41, 5.74) is 3.75. The molecule has 2 heterocycles. The Hall–Kier alpha value is -2.47. The zero-order chi connectivity index (χ0) is 16.2. The molecular formula is C17H17N3O2S. The number of aromatic nitrogens is 3. The fourth-order valence-electron chi connectivity index (χ4n) is 2.15. The summed E-state index contributed by atoms with van der Waals surface area (Å²) in [5.74, 6) is -0.349. The average Bonchev–Trinajstić information content (AvgIpc) is 3.18. The first-order valence-corrected chi connectivity index (χ1v) is 8.24. The van der Waals surface area contributed by atoms with Crippen LogP contribution in [-0.4, -0.2) is 27.3 Å². The van der Waals surface area contributed by atoms with E-state index in [0.29, 0.717) is 18.7 Å². The van der Waals surface area contributed by atoms with Crippen LogP contribution in [0.4, 0.5) is 0 Å². The maximum absolute atomic E-state index is 11.6. The van der Waals surface area contributed by atoms with Crippen LogP contribution in [0.3, 0.4) is 0 Å². The molecule has 0 saturated carbocycles. The molecule has 0 radical (unpaired) electrons. The first-order valence-electron chi connectivity index (χ1n) is 7.36. The topological polar surface area (TPSA) is 57.0 Å². The van der Waals surface area contributed by atoms with Gasteiger partial charge < -0.3 is 4.74 Å². The zero-order valence-corrected chi connectivity index (χ0v) is 13.8. The van der Waals surface area contributed by atoms with Crippen LogP contribution < -0.4 is 0 Å². The minimum atomic E-state index is -0.349. The number of aryl methyl sites for hydroxylation is 1. The molecule has 0 bridgehead atoms. The number of thiazole rings is 1. The van der Waals surface area contributed by atoms with Gasteiger partial charge in [0.25, 0.3) is 0 Å². The third kappa shape index (κ3) is 3.65. The molecule has 0 aliphatic heterocycles. The van der Waals surface area contributed by atoms with Crippen molar-refractivity contribution in [2.75, 3.05) is 6.61 Å². The van der Waals surface area contributed by atoms with Gasteiger partial charge in [-0.1, -0.05) is 29.8 Å². The molecule has 1 aromatic carbocycles. The number of nitrogens with zero attached hydrogens (tertiary/aromatic N) is 3. The minimum absolute atomic E-state index is 0.349. The van der Waals surface area contributed by atoms with Gasteiger partial charge >= 0.3 is 5.97 Å². The molecule has 0 aliphatic carbocycles. The molecule has 3 aromatic rings. The SMILES string of the molecule is CCOC(=O)c1cnn(Cc2nc(-c3ccc(C)cc3)cs2)c1. The molecule has 0 unspecified atom stereocenters. The highest BCUT2D eigenvalue weighted by Gasteiger charge is 2.11. The van der Waals surface area contributed by atoms with Crippen LogP contribution in [0.25, 0.3) is 11.3 Å². The Morgan fingerprint density at radius 1 is 1.30 bits per heavy atom. The molecule has 0 amide bonds. The number of hydrogen-bond donors (Lipinski definition) is 0. The van der Waals surface area contributed by atoms with Gasteiger partial charge in [0, 0.05) is 17.1 Å². The van der Waals surface area contributed by atoms with Gasteiger partial charge in [0.05, 0.1) is 30.6 Å². The zero-order valence-electron chi connectivity index (χ0n) is 13.0. The lowest BCUT2D eigenvalue weighted by Crippen LogP contribution is -2.04. The van der Waals surface area contributed by atoms with Gasteiger partial charge in [-0.05, 0) is 13.8 Å². The summed E-state index contributed by atoms with van der Waals surface area (Å²) >= 11 is 1.58. The third-order valence-corrected chi connectivity index (χ3v) is 4.17. The van der Waals surface area contributed by atoms with Crippen LogP contribution in [-0.2, 0) is 11.3 Å². The summed E-state index contributed by atoms with van der Waals surface area (Å²) in [6.07, 6.45) is 3.21. The van der Waals surface area contributed by atoms with Crippen LogP contribution in [0.2, 0.25) is 0 Å². The fourth-order valence-corrected chi connectivity index (χ4v) is 2.94. The van der Waals surface area contributed by atoms with Crippen LogP contribution in [0.5, 0.6) is 0 Å². The highest BCUT2D eigenvalue weighted by Crippen LogP contribution is 2.22. The molecule has 0 spiro atoms. The lowest BCUT2D eigenvalue weighted by atomic mass is 10.1. The molecule has 0 atom stereocenters. The summed E-state index contributed by atoms with van der Waals surface area (Å²) in [6, 6.07) is 8.29. The third-order valence-electron chi connectivity index (χ3n) is 3.34. The molecule has 118 valence electrons. The van der Waals surface area contributed by atoms with E-state index in [9.17, 15) is 4.79 Å². The van der Waals surface area contributed by atoms with Gasteiger partial charge in [0.1, 0.15) is 5.01 Å². The van der Waals surface area contributed by atoms with Crippen LogP contribution in [0.15, 0.2) is 42.0 Å². The summed E-state index contributed by atoms with van der Waals surface area (Å²) in [4.78, 5) is 16.3. The number of esters is 1. The van der Waals surface area contributed by atoms with Gasteiger partial charge in [0.2, 0.25) is 0 Å². The second-order valence-electron chi connectivity index (χ2n) is 5.14. The Bertz CT molecular complexity index is 805. The van der Waals surface area contributed by atoms with E-state index in [1.54, 1.807) is 29.1 Å². The van der Waals surface area contributed by atoms with Gasteiger partial charge in [0.15, 0.2) is 0 Å². The number of ether oxygens (including phenoxy) is 1. The Morgan fingerprint density at radius 3 is 2.83 bits per heavy atom. The van der Waals surface area contributed by atoms with E-state index in [-0.39, 0.29) is 5.97 Å². The van der Waals surface area contributed by atoms with Crippen molar-refractivity contribution >= 4 is 17.3 Å². The molecule has 2 aromatic heterocycles. The second-order valence-corrected chi connectivity index (χ2v) is 6.08. The second kappa shape index (κ2) is 6.75. The lowest BCUT2D eigenvalue weighted by molar-refractivity contribution is 0.0526. The average molecular weight is 327 g/mol. The van der Waals surface area contributed by atoms with Crippen molar-refractivity contribution in [1.29, 1.82) is 0 Å². The van der Waals surface area contributed by atoms with E-state index in [2.05, 4.69) is 41.3 Å². The molecule has 0 fully saturated rings. The molecule has 0 N–H and O–H groups in total. The summed E-state index contributed by atoms with van der Waals surface area (Å²) in [5, 5.41) is 7.17. The molecular weight excluding hydrogens is 310 g/mol. The van der Waals surface area contributed by atoms with Crippen LogP contribution in [0.1, 0.15) is 27.9 Å². The van der Waals surface area contributed by atoms with Crippen molar-refractivity contribution in [3.63, 3.8) is 0 Å². The number of hydrogen-bond acceptors (Lipinski definition) is 5. The largest absolute Gasteiger partial charge is 0.462 e. The van der Waals surface area contributed by atoms with Crippen molar-refractivity contribution in [3.8, 4) is 11.3 Å². The number of rotatable bonds is 5. The van der Waals surface area contributed by atoms with Gasteiger partial charge in [-0.3, -0.25) is 4.68 Å². The van der Waals surface area contributed by atoms with E-state index in [4.69, 9.17) is 4.74 Å². The Morgan fingerprint density at radius 2 is 2.09 bits per heavy atom. The molecule has 0 aliphatic rings. The highest BCUT2D eigenvalue weighted by molar-refractivity contribution is 7.09. The van der Waals surface area contributed by atoms with Crippen molar-refractivity contribution in [2.24, 2.45) is 0 Å². The van der Waals surface area contributed by atoms with Crippen LogP contribution >= 0.6 is 11.3 Å². The van der Waals surface area contributed by atoms with Crippen LogP contribution in [0, 0.1) is 6.92 Å². The number of carbonyl (C=O) groups is 1. The predicted octanol–water partition coefficient (Wildman–Crippen LogP) is 3.54. The van der Waals surface area contributed by atoms with Crippen molar-refractivity contribution in [2.45, 2.75) is 20.4 Å². The van der Waals surface area contributed by atoms with Crippen molar-refractivity contribution in [3.05, 3.63) is 58.2 Å². The number of carbonyl (C=O) groups excluding carboxylic acids is 1. The minimum Gasteiger partial charge on any atom is -0.462 e. The molecule has 23 heavy (non-hydrogen) atoms. The molecule has 5 nitrogen and oxygen atoms in total. The maximum Gasteiger partial charge on any atom is 0.341 e. The first-order chi connectivity index (χ1) is 11.2. The summed E-state index contributed by atoms with van der Waals surface area (Å²) < 4.78 is 6.66. The van der Waals surface area contributed by atoms with Gasteiger partial charge in [-0.15, -0.1) is 11.3 Å². The standard InChI is InChI=1S/C17H17N3O2S/c1-3-22-17(21)14-8-18-20(9-14)10-16-19-15(11-23-16)13-6-4-12(2)5-7-13/h4-9,11H,3,10H2,1-2H3. The van der Waals surface area contributed by atoms with E-state index >= 15 is 0 Å². The van der Waals surface area contributed by atoms with E-state index < -0.39 is 0 Å². The van der Waals surface area contributed by atoms with E-state index in [0.717, 1.165) is 16.3 Å². The molecule has 0 saturated heterocycles. The molecule has 6 heteroatoms. The first kappa shape index (κ1) is 15.4. The normalized spacial score (nSPS) is 10.7. The number of benzene rings is 1. The van der Waals surface area contributed by atoms with E-state index in [1.807, 2.05) is 5.38 Å². The monoisotopic (exact) mass is 327 g/mol. The lowest BCUT2D eigenvalue weighted by Gasteiger charge is -1.99. The fraction of sp³-hybridized carbons (Fsp3) is 0.235. The summed E-state index contributed by atoms with van der Waals surface area (Å²) in [7, 11) is 0. The smallest absolute Gasteiger partial charge is 0.341 e. The van der Waals surface area contributed by atoms with Gasteiger partial charge in [-0.2, -0.15) is 5.10 Å². The predicted molar refractivity (Wildman–Crippen MR) is 89.6 cm³/mol. The van der Waals surface area contributed by atoms with Crippen molar-refractivity contribution in [1.82, 2.24) is 14.8 Å².